The molecule has 0 aliphatic heterocycles. The van der Waals surface area contributed by atoms with Crippen molar-refractivity contribution in [2.75, 3.05) is 6.26 Å². The van der Waals surface area contributed by atoms with E-state index >= 15 is 0 Å². The monoisotopic (exact) mass is 386 g/mol. The van der Waals surface area contributed by atoms with Crippen molar-refractivity contribution in [1.29, 1.82) is 5.26 Å². The van der Waals surface area contributed by atoms with Crippen LogP contribution >= 0.6 is 11.8 Å². The van der Waals surface area contributed by atoms with Crippen LogP contribution in [0.15, 0.2) is 29.6 Å². The molecular formula is C19H22N4O3S. The number of hydrogen-bond acceptors (Lipinski definition) is 6. The summed E-state index contributed by atoms with van der Waals surface area (Å²) in [4.78, 5) is 29.4. The Morgan fingerprint density at radius 1 is 1.37 bits per heavy atom. The third kappa shape index (κ3) is 3.93. The van der Waals surface area contributed by atoms with Gasteiger partial charge in [-0.2, -0.15) is 5.26 Å². The molecule has 3 rings (SSSR count). The number of ether oxygens (including phenoxy) is 1. The second-order valence-electron chi connectivity index (χ2n) is 6.69. The van der Waals surface area contributed by atoms with Gasteiger partial charge in [0.1, 0.15) is 5.54 Å². The summed E-state index contributed by atoms with van der Waals surface area (Å²) >= 11 is 1.42. The van der Waals surface area contributed by atoms with Crippen molar-refractivity contribution in [3.63, 3.8) is 0 Å². The van der Waals surface area contributed by atoms with Gasteiger partial charge in [-0.05, 0) is 38.2 Å². The molecule has 27 heavy (non-hydrogen) atoms. The summed E-state index contributed by atoms with van der Waals surface area (Å²) in [6, 6.07) is 7.68. The molecule has 1 amide bonds. The van der Waals surface area contributed by atoms with E-state index < -0.39 is 23.5 Å². The van der Waals surface area contributed by atoms with E-state index in [0.717, 1.165) is 19.3 Å². The Labute approximate surface area is 162 Å². The van der Waals surface area contributed by atoms with Gasteiger partial charge in [-0.25, -0.2) is 9.78 Å². The van der Waals surface area contributed by atoms with Crippen LogP contribution in [0.1, 0.15) is 49.5 Å². The van der Waals surface area contributed by atoms with Crippen molar-refractivity contribution in [1.82, 2.24) is 14.7 Å². The lowest BCUT2D eigenvalue weighted by molar-refractivity contribution is -0.130. The first-order valence-electron chi connectivity index (χ1n) is 8.95. The first-order valence-corrected chi connectivity index (χ1v) is 10.2. The zero-order valence-corrected chi connectivity index (χ0v) is 16.2. The summed E-state index contributed by atoms with van der Waals surface area (Å²) in [6.07, 6.45) is 6.80. The van der Waals surface area contributed by atoms with Gasteiger partial charge in [0.15, 0.2) is 17.0 Å². The molecule has 1 saturated carbocycles. The normalized spacial score (nSPS) is 17.1. The fourth-order valence-electron chi connectivity index (χ4n) is 3.33. The summed E-state index contributed by atoms with van der Waals surface area (Å²) in [5.41, 5.74) is -0.0594. The van der Waals surface area contributed by atoms with Gasteiger partial charge < -0.3 is 10.1 Å². The zero-order chi connectivity index (χ0) is 19.4. The van der Waals surface area contributed by atoms with Crippen LogP contribution in [0.5, 0.6) is 0 Å². The highest BCUT2D eigenvalue weighted by Crippen LogP contribution is 2.28. The van der Waals surface area contributed by atoms with Crippen molar-refractivity contribution in [2.24, 2.45) is 0 Å². The summed E-state index contributed by atoms with van der Waals surface area (Å²) in [7, 11) is 0. The molecule has 0 saturated heterocycles. The molecule has 8 heteroatoms. The van der Waals surface area contributed by atoms with E-state index in [0.29, 0.717) is 23.5 Å². The van der Waals surface area contributed by atoms with Crippen LogP contribution in [0.25, 0.3) is 5.52 Å². The van der Waals surface area contributed by atoms with Crippen molar-refractivity contribution in [2.45, 2.75) is 55.8 Å². The predicted molar refractivity (Wildman–Crippen MR) is 101 cm³/mol. The minimum absolute atomic E-state index is 0.173. The molecular weight excluding hydrogens is 364 g/mol. The summed E-state index contributed by atoms with van der Waals surface area (Å²) in [5, 5.41) is 12.9. The van der Waals surface area contributed by atoms with Gasteiger partial charge in [0.05, 0.1) is 11.6 Å². The maximum atomic E-state index is 12.6. The number of esters is 1. The second-order valence-corrected chi connectivity index (χ2v) is 7.47. The number of rotatable bonds is 5. The molecule has 2 aromatic rings. The highest BCUT2D eigenvalue weighted by Gasteiger charge is 2.35. The quantitative estimate of drug-likeness (QED) is 0.627. The van der Waals surface area contributed by atoms with Crippen molar-refractivity contribution in [3.05, 3.63) is 30.1 Å². The Hall–Kier alpha value is -2.53. The van der Waals surface area contributed by atoms with E-state index in [4.69, 9.17) is 4.74 Å². The van der Waals surface area contributed by atoms with Crippen LogP contribution in [0.3, 0.4) is 0 Å². The minimum atomic E-state index is -1.01. The average molecular weight is 386 g/mol. The van der Waals surface area contributed by atoms with E-state index in [-0.39, 0.29) is 5.69 Å². The molecule has 1 N–H and O–H groups in total. The summed E-state index contributed by atoms with van der Waals surface area (Å²) in [6.45, 7) is 1.51. The minimum Gasteiger partial charge on any atom is -0.448 e. The van der Waals surface area contributed by atoms with Crippen LogP contribution in [-0.2, 0) is 9.53 Å². The second kappa shape index (κ2) is 8.01. The van der Waals surface area contributed by atoms with Crippen LogP contribution in [0, 0.1) is 11.3 Å². The molecule has 1 unspecified atom stereocenters. The average Bonchev–Trinajstić information content (AvgIpc) is 3.07. The first kappa shape index (κ1) is 19.2. The highest BCUT2D eigenvalue weighted by molar-refractivity contribution is 7.98. The highest BCUT2D eigenvalue weighted by atomic mass is 32.2. The Kier molecular flexibility index (Phi) is 5.71. The molecule has 0 aromatic carbocycles. The predicted octanol–water partition coefficient (Wildman–Crippen LogP) is 2.94. The van der Waals surface area contributed by atoms with Gasteiger partial charge in [-0.3, -0.25) is 9.20 Å². The lowest BCUT2D eigenvalue weighted by Gasteiger charge is -2.32. The molecule has 0 bridgehead atoms. The Bertz CT molecular complexity index is 896. The van der Waals surface area contributed by atoms with Gasteiger partial charge in [0, 0.05) is 6.20 Å². The Balaban J connectivity index is 1.72. The number of hydrogen-bond donors (Lipinski definition) is 1. The van der Waals surface area contributed by atoms with Gasteiger partial charge in [0.25, 0.3) is 5.91 Å². The zero-order valence-electron chi connectivity index (χ0n) is 15.4. The molecule has 2 aromatic heterocycles. The molecule has 1 fully saturated rings. The topological polar surface area (TPSA) is 96.5 Å². The van der Waals surface area contributed by atoms with Crippen LogP contribution < -0.4 is 5.32 Å². The number of imidazole rings is 1. The number of carbonyl (C=O) groups is 2. The van der Waals surface area contributed by atoms with E-state index in [1.807, 2.05) is 24.6 Å². The first-order chi connectivity index (χ1) is 13.0. The van der Waals surface area contributed by atoms with Crippen molar-refractivity contribution < 1.29 is 14.3 Å². The lowest BCUT2D eigenvalue weighted by atomic mass is 9.83. The number of thioether (sulfide) groups is 1. The number of aromatic nitrogens is 2. The standard InChI is InChI=1S/C19H22N4O3S/c1-13(16(24)22-19(12-20)9-5-3-6-10-19)26-17(25)15-14-8-4-7-11-23(14)18(21-15)27-2/h4,7-8,11,13H,3,5-6,9-10H2,1-2H3,(H,22,24). The third-order valence-electron chi connectivity index (χ3n) is 4.83. The molecule has 7 nitrogen and oxygen atoms in total. The Morgan fingerprint density at radius 3 is 2.78 bits per heavy atom. The largest absolute Gasteiger partial charge is 0.448 e. The number of nitrogens with one attached hydrogen (secondary N) is 1. The van der Waals surface area contributed by atoms with E-state index in [9.17, 15) is 14.9 Å². The summed E-state index contributed by atoms with van der Waals surface area (Å²) in [5.74, 6) is -1.11. The van der Waals surface area contributed by atoms with Crippen molar-refractivity contribution in [3.8, 4) is 6.07 Å². The van der Waals surface area contributed by atoms with Gasteiger partial charge in [-0.1, -0.05) is 37.1 Å². The third-order valence-corrected chi connectivity index (χ3v) is 5.48. The molecule has 142 valence electrons. The maximum Gasteiger partial charge on any atom is 0.360 e. The van der Waals surface area contributed by atoms with Crippen LogP contribution in [0.2, 0.25) is 0 Å². The molecule has 1 atom stereocenters. The van der Waals surface area contributed by atoms with Crippen LogP contribution in [0.4, 0.5) is 0 Å². The number of fused-ring (bicyclic) bond motifs is 1. The van der Waals surface area contributed by atoms with Gasteiger partial charge in [0.2, 0.25) is 0 Å². The molecule has 0 spiro atoms. The fraction of sp³-hybridized carbons (Fsp3) is 0.474. The number of carbonyl (C=O) groups excluding carboxylic acids is 2. The molecule has 2 heterocycles. The summed E-state index contributed by atoms with van der Waals surface area (Å²) < 4.78 is 7.15. The smallest absolute Gasteiger partial charge is 0.360 e. The number of amides is 1. The van der Waals surface area contributed by atoms with Gasteiger partial charge >= 0.3 is 5.97 Å². The van der Waals surface area contributed by atoms with Crippen molar-refractivity contribution >= 4 is 29.2 Å². The van der Waals surface area contributed by atoms with E-state index in [1.54, 1.807) is 10.5 Å². The molecule has 1 aliphatic rings. The Morgan fingerprint density at radius 2 is 2.11 bits per heavy atom. The molecule has 1 aliphatic carbocycles. The number of nitriles is 1. The van der Waals surface area contributed by atoms with E-state index in [1.165, 1.54) is 18.7 Å². The maximum absolute atomic E-state index is 12.6. The number of nitrogens with zero attached hydrogens (tertiary/aromatic N) is 3. The van der Waals surface area contributed by atoms with Gasteiger partial charge in [-0.15, -0.1) is 0 Å². The SMILES string of the molecule is CSc1nc(C(=O)OC(C)C(=O)NC2(C#N)CCCCC2)c2ccccn12. The number of pyridine rings is 1. The van der Waals surface area contributed by atoms with E-state index in [2.05, 4.69) is 16.4 Å². The van der Waals surface area contributed by atoms with Crippen LogP contribution in [-0.4, -0.2) is 39.2 Å². The lowest BCUT2D eigenvalue weighted by Crippen LogP contribution is -2.52. The fourth-order valence-corrected chi connectivity index (χ4v) is 3.87. The molecule has 0 radical (unpaired) electrons.